The van der Waals surface area contributed by atoms with Gasteiger partial charge in [0, 0.05) is 23.9 Å². The van der Waals surface area contributed by atoms with Crippen molar-refractivity contribution in [3.05, 3.63) is 65.7 Å². The molecule has 33 heavy (non-hydrogen) atoms. The molecule has 3 rings (SSSR count). The number of benzene rings is 2. The monoisotopic (exact) mass is 448 g/mol. The van der Waals surface area contributed by atoms with Gasteiger partial charge >= 0.3 is 11.9 Å². The molecule has 3 aromatic rings. The van der Waals surface area contributed by atoms with Crippen molar-refractivity contribution in [2.45, 2.75) is 52.1 Å². The fourth-order valence-electron chi connectivity index (χ4n) is 3.66. The fourth-order valence-corrected chi connectivity index (χ4v) is 3.66. The van der Waals surface area contributed by atoms with Gasteiger partial charge in [0.2, 0.25) is 5.91 Å². The minimum atomic E-state index is -1.03. The van der Waals surface area contributed by atoms with Gasteiger partial charge < -0.3 is 15.1 Å². The van der Waals surface area contributed by atoms with E-state index in [0.717, 1.165) is 47.0 Å². The first-order chi connectivity index (χ1) is 15.8. The van der Waals surface area contributed by atoms with Gasteiger partial charge in [-0.25, -0.2) is 14.6 Å². The van der Waals surface area contributed by atoms with Crippen LogP contribution in [0.15, 0.2) is 54.6 Å². The van der Waals surface area contributed by atoms with Crippen LogP contribution < -0.4 is 0 Å². The Morgan fingerprint density at radius 1 is 0.970 bits per heavy atom. The Hall–Kier alpha value is -3.74. The molecular weight excluding hydrogens is 420 g/mol. The van der Waals surface area contributed by atoms with E-state index in [-0.39, 0.29) is 18.0 Å². The first kappa shape index (κ1) is 23.9. The Labute approximate surface area is 192 Å². The Balaban J connectivity index is 1.82. The quantitative estimate of drug-likeness (QED) is 0.424. The second-order valence-corrected chi connectivity index (χ2v) is 8.10. The smallest absolute Gasteiger partial charge is 0.335 e. The molecule has 0 aliphatic rings. The van der Waals surface area contributed by atoms with Crippen molar-refractivity contribution in [3.8, 4) is 11.3 Å². The van der Waals surface area contributed by atoms with Crippen molar-refractivity contribution in [2.75, 3.05) is 0 Å². The summed E-state index contributed by atoms with van der Waals surface area (Å²) < 4.78 is 0. The largest absolute Gasteiger partial charge is 0.480 e. The molecule has 0 bridgehead atoms. The zero-order valence-corrected chi connectivity index (χ0v) is 18.8. The summed E-state index contributed by atoms with van der Waals surface area (Å²) in [5.41, 5.74) is 3.34. The van der Waals surface area contributed by atoms with Gasteiger partial charge in [-0.1, -0.05) is 44.0 Å². The van der Waals surface area contributed by atoms with Crippen molar-refractivity contribution in [3.63, 3.8) is 0 Å². The molecular formula is C26H28N2O5. The van der Waals surface area contributed by atoms with E-state index >= 15 is 0 Å². The third kappa shape index (κ3) is 5.94. The van der Waals surface area contributed by atoms with Gasteiger partial charge in [0.15, 0.2) is 0 Å². The lowest BCUT2D eigenvalue weighted by molar-refractivity contribution is -0.150. The molecule has 0 saturated heterocycles. The molecule has 0 aliphatic heterocycles. The molecule has 0 aliphatic carbocycles. The highest BCUT2D eigenvalue weighted by molar-refractivity contribution is 5.88. The van der Waals surface area contributed by atoms with E-state index in [1.165, 1.54) is 11.8 Å². The second kappa shape index (κ2) is 10.7. The number of pyridine rings is 1. The highest BCUT2D eigenvalue weighted by Gasteiger charge is 2.25. The molecule has 1 aromatic heterocycles. The van der Waals surface area contributed by atoms with Crippen LogP contribution in [0.5, 0.6) is 0 Å². The van der Waals surface area contributed by atoms with E-state index in [1.54, 1.807) is 24.3 Å². The van der Waals surface area contributed by atoms with E-state index in [9.17, 15) is 19.5 Å². The number of aromatic carboxylic acids is 1. The number of carboxylic acids is 2. The third-order valence-corrected chi connectivity index (χ3v) is 5.67. The third-order valence-electron chi connectivity index (χ3n) is 5.67. The second-order valence-electron chi connectivity index (χ2n) is 8.10. The molecule has 1 atom stereocenters. The molecule has 1 heterocycles. The van der Waals surface area contributed by atoms with Crippen LogP contribution in [0.2, 0.25) is 0 Å². The summed E-state index contributed by atoms with van der Waals surface area (Å²) in [7, 11) is 0. The number of nitrogens with zero attached hydrogens (tertiary/aromatic N) is 2. The zero-order chi connectivity index (χ0) is 24.0. The first-order valence-electron chi connectivity index (χ1n) is 11.1. The van der Waals surface area contributed by atoms with Gasteiger partial charge in [-0.15, -0.1) is 0 Å². The summed E-state index contributed by atoms with van der Waals surface area (Å²) >= 11 is 0. The first-order valence-corrected chi connectivity index (χ1v) is 11.1. The zero-order valence-electron chi connectivity index (χ0n) is 18.8. The van der Waals surface area contributed by atoms with Crippen LogP contribution in [-0.4, -0.2) is 44.0 Å². The highest BCUT2D eigenvalue weighted by Crippen LogP contribution is 2.23. The molecule has 7 heteroatoms. The maximum absolute atomic E-state index is 12.7. The number of fused-ring (bicyclic) bond motifs is 1. The van der Waals surface area contributed by atoms with Crippen LogP contribution in [0.3, 0.4) is 0 Å². The number of hydrogen-bond donors (Lipinski definition) is 2. The number of carboxylic acid groups (broad SMARTS) is 2. The number of rotatable bonds is 10. The number of carbonyl (C=O) groups excluding carboxylic acids is 1. The number of carbonyl (C=O) groups is 3. The molecule has 2 N–H and O–H groups in total. The molecule has 0 fully saturated rings. The van der Waals surface area contributed by atoms with Crippen LogP contribution in [0.4, 0.5) is 0 Å². The lowest BCUT2D eigenvalue weighted by Crippen LogP contribution is -2.42. The molecule has 0 radical (unpaired) electrons. The van der Waals surface area contributed by atoms with Gasteiger partial charge in [-0.2, -0.15) is 0 Å². The van der Waals surface area contributed by atoms with Gasteiger partial charge in [-0.3, -0.25) is 4.79 Å². The standard InChI is InChI=1S/C26H28N2O5/c1-3-4-5-6-24(29)28(17(2)25(30)31)16-18-7-13-23-21(15-18)12-14-22(27-23)19-8-10-20(11-9-19)26(32)33/h7-15,17H,3-6,16H2,1-2H3,(H,30,31)(H,32,33). The predicted octanol–water partition coefficient (Wildman–Crippen LogP) is 4.98. The number of unbranched alkanes of at least 4 members (excludes halogenated alkanes) is 2. The molecule has 2 aromatic carbocycles. The van der Waals surface area contributed by atoms with Crippen LogP contribution in [-0.2, 0) is 16.1 Å². The molecule has 172 valence electrons. The fraction of sp³-hybridized carbons (Fsp3) is 0.308. The summed E-state index contributed by atoms with van der Waals surface area (Å²) in [6, 6.07) is 15.0. The minimum Gasteiger partial charge on any atom is -0.480 e. The molecule has 0 spiro atoms. The average Bonchev–Trinajstić information content (AvgIpc) is 2.81. The van der Waals surface area contributed by atoms with Crippen molar-refractivity contribution in [1.29, 1.82) is 0 Å². The van der Waals surface area contributed by atoms with Crippen molar-refractivity contribution >= 4 is 28.7 Å². The van der Waals surface area contributed by atoms with Gasteiger partial charge in [0.05, 0.1) is 16.8 Å². The summed E-state index contributed by atoms with van der Waals surface area (Å²) in [6.07, 6.45) is 3.01. The maximum atomic E-state index is 12.7. The molecule has 0 saturated carbocycles. The van der Waals surface area contributed by atoms with Gasteiger partial charge in [-0.05, 0) is 49.2 Å². The Morgan fingerprint density at radius 3 is 2.33 bits per heavy atom. The van der Waals surface area contributed by atoms with E-state index in [0.29, 0.717) is 6.42 Å². The lowest BCUT2D eigenvalue weighted by Gasteiger charge is -2.27. The normalized spacial score (nSPS) is 11.8. The van der Waals surface area contributed by atoms with Crippen molar-refractivity contribution in [2.24, 2.45) is 0 Å². The molecule has 1 unspecified atom stereocenters. The number of aromatic nitrogens is 1. The summed E-state index contributed by atoms with van der Waals surface area (Å²) in [5, 5.41) is 19.4. The van der Waals surface area contributed by atoms with Crippen LogP contribution in [0.25, 0.3) is 22.2 Å². The molecule has 7 nitrogen and oxygen atoms in total. The summed E-state index contributed by atoms with van der Waals surface area (Å²) in [4.78, 5) is 41.4. The lowest BCUT2D eigenvalue weighted by atomic mass is 10.1. The van der Waals surface area contributed by atoms with Crippen molar-refractivity contribution < 1.29 is 24.6 Å². The Bertz CT molecular complexity index is 1160. The topological polar surface area (TPSA) is 108 Å². The van der Waals surface area contributed by atoms with Crippen molar-refractivity contribution in [1.82, 2.24) is 9.88 Å². The van der Waals surface area contributed by atoms with E-state index in [1.807, 2.05) is 30.3 Å². The Kier molecular flexibility index (Phi) is 7.77. The summed E-state index contributed by atoms with van der Waals surface area (Å²) in [6.45, 7) is 3.80. The van der Waals surface area contributed by atoms with E-state index < -0.39 is 18.0 Å². The van der Waals surface area contributed by atoms with Gasteiger partial charge in [0.1, 0.15) is 6.04 Å². The average molecular weight is 449 g/mol. The summed E-state index contributed by atoms with van der Waals surface area (Å²) in [5.74, 6) is -2.16. The Morgan fingerprint density at radius 2 is 1.70 bits per heavy atom. The van der Waals surface area contributed by atoms with Crippen LogP contribution in [0.1, 0.15) is 55.5 Å². The van der Waals surface area contributed by atoms with E-state index in [2.05, 4.69) is 11.9 Å². The predicted molar refractivity (Wildman–Crippen MR) is 126 cm³/mol. The minimum absolute atomic E-state index is 0.156. The SMILES string of the molecule is CCCCCC(=O)N(Cc1ccc2nc(-c3ccc(C(=O)O)cc3)ccc2c1)C(C)C(=O)O. The highest BCUT2D eigenvalue weighted by atomic mass is 16.4. The van der Waals surface area contributed by atoms with Gasteiger partial charge in [0.25, 0.3) is 0 Å². The van der Waals surface area contributed by atoms with Crippen LogP contribution in [0, 0.1) is 0 Å². The maximum Gasteiger partial charge on any atom is 0.335 e. The van der Waals surface area contributed by atoms with Crippen LogP contribution >= 0.6 is 0 Å². The number of hydrogen-bond acceptors (Lipinski definition) is 4. The number of aliphatic carboxylic acids is 1. The number of amides is 1. The van der Waals surface area contributed by atoms with E-state index in [4.69, 9.17) is 5.11 Å². The molecule has 1 amide bonds.